The molecule has 1 saturated heterocycles. The lowest BCUT2D eigenvalue weighted by Gasteiger charge is -2.23. The predicted molar refractivity (Wildman–Crippen MR) is 112 cm³/mol. The van der Waals surface area contributed by atoms with Crippen molar-refractivity contribution in [3.63, 3.8) is 0 Å². The van der Waals surface area contributed by atoms with Gasteiger partial charge in [-0.1, -0.05) is 12.1 Å². The van der Waals surface area contributed by atoms with Crippen LogP contribution in [0, 0.1) is 0 Å². The van der Waals surface area contributed by atoms with E-state index in [2.05, 4.69) is 10.6 Å². The molecule has 1 aliphatic heterocycles. The Morgan fingerprint density at radius 2 is 1.68 bits per heavy atom. The van der Waals surface area contributed by atoms with Gasteiger partial charge in [0.25, 0.3) is 0 Å². The van der Waals surface area contributed by atoms with E-state index < -0.39 is 30.3 Å². The molecule has 0 aromatic heterocycles. The minimum atomic E-state index is -5.08. The Hall–Kier alpha value is -3.19. The number of alkyl halides is 3. The van der Waals surface area contributed by atoms with Crippen molar-refractivity contribution in [3.05, 3.63) is 29.8 Å². The number of para-hydroxylation sites is 1. The van der Waals surface area contributed by atoms with Crippen LogP contribution in [0.5, 0.6) is 5.75 Å². The molecule has 34 heavy (non-hydrogen) atoms. The van der Waals surface area contributed by atoms with E-state index >= 15 is 0 Å². The number of halogens is 3. The zero-order valence-corrected chi connectivity index (χ0v) is 18.6. The van der Waals surface area contributed by atoms with Gasteiger partial charge in [0, 0.05) is 0 Å². The maximum atomic E-state index is 12.7. The average molecular weight is 492 g/mol. The molecule has 2 atom stereocenters. The van der Waals surface area contributed by atoms with Crippen LogP contribution < -0.4 is 15.4 Å². The third-order valence-corrected chi connectivity index (χ3v) is 4.55. The Balaban J connectivity index is 0.000000718. The van der Waals surface area contributed by atoms with E-state index in [1.54, 1.807) is 25.1 Å². The maximum absolute atomic E-state index is 12.7. The Labute approximate surface area is 193 Å². The van der Waals surface area contributed by atoms with E-state index in [1.165, 1.54) is 13.0 Å². The highest BCUT2D eigenvalue weighted by Crippen LogP contribution is 2.21. The molecule has 2 rings (SSSR count). The topological polar surface area (TPSA) is 151 Å². The van der Waals surface area contributed by atoms with Crippen LogP contribution in [-0.4, -0.2) is 78.0 Å². The van der Waals surface area contributed by atoms with Gasteiger partial charge < -0.3 is 30.3 Å². The molecule has 0 spiro atoms. The third kappa shape index (κ3) is 10.2. The molecule has 0 saturated carbocycles. The number of ether oxygens (including phenoxy) is 2. The number of rotatable bonds is 9. The van der Waals surface area contributed by atoms with Crippen molar-refractivity contribution in [2.24, 2.45) is 0 Å². The second-order valence-electron chi connectivity index (χ2n) is 7.31. The normalized spacial score (nSPS) is 15.8. The highest BCUT2D eigenvalue weighted by atomic mass is 19.4. The van der Waals surface area contributed by atoms with Gasteiger partial charge in [-0.25, -0.2) is 9.59 Å². The van der Waals surface area contributed by atoms with Crippen molar-refractivity contribution in [2.45, 2.75) is 51.1 Å². The molecule has 1 aromatic carbocycles. The lowest BCUT2D eigenvalue weighted by Crippen LogP contribution is -2.42. The fourth-order valence-electron chi connectivity index (χ4n) is 2.75. The van der Waals surface area contributed by atoms with Gasteiger partial charge in [0.05, 0.1) is 17.7 Å². The van der Waals surface area contributed by atoms with Crippen molar-refractivity contribution < 1.29 is 52.0 Å². The van der Waals surface area contributed by atoms with Crippen molar-refractivity contribution in [1.82, 2.24) is 10.6 Å². The van der Waals surface area contributed by atoms with Crippen LogP contribution in [0.3, 0.4) is 0 Å². The molecule has 4 N–H and O–H groups in total. The molecule has 1 amide bonds. The van der Waals surface area contributed by atoms with Gasteiger partial charge in [-0.2, -0.15) is 13.2 Å². The molecule has 1 aromatic rings. The van der Waals surface area contributed by atoms with Gasteiger partial charge in [0.1, 0.15) is 12.4 Å². The molecule has 1 heterocycles. The van der Waals surface area contributed by atoms with E-state index in [4.69, 9.17) is 24.5 Å². The fraction of sp³-hybridized carbons (Fsp3) is 0.524. The molecular formula is C21H27F3N2O8. The number of Topliss-reactive ketones (excluding diaryl/α,β-unsaturated/α-hetero) is 1. The number of nitrogens with one attached hydrogen (secondary N) is 2. The van der Waals surface area contributed by atoms with E-state index in [-0.39, 0.29) is 35.7 Å². The van der Waals surface area contributed by atoms with E-state index in [0.29, 0.717) is 0 Å². The summed E-state index contributed by atoms with van der Waals surface area (Å²) in [6.45, 7) is 4.59. The summed E-state index contributed by atoms with van der Waals surface area (Å²) in [6.07, 6.45) is -4.42. The molecule has 0 bridgehead atoms. The number of ketones is 1. The van der Waals surface area contributed by atoms with E-state index in [1.807, 2.05) is 0 Å². The van der Waals surface area contributed by atoms with Gasteiger partial charge in [0.2, 0.25) is 5.91 Å². The minimum absolute atomic E-state index is 0.0506. The van der Waals surface area contributed by atoms with E-state index in [9.17, 15) is 27.6 Å². The summed E-state index contributed by atoms with van der Waals surface area (Å²) in [6, 6.07) is 5.58. The zero-order chi connectivity index (χ0) is 25.9. The van der Waals surface area contributed by atoms with Gasteiger partial charge in [-0.05, 0) is 51.9 Å². The number of benzene rings is 1. The molecule has 1 aliphatic rings. The Kier molecular flexibility index (Phi) is 11.5. The first-order chi connectivity index (χ1) is 15.8. The Morgan fingerprint density at radius 1 is 1.12 bits per heavy atom. The lowest BCUT2D eigenvalue weighted by molar-refractivity contribution is -0.192. The van der Waals surface area contributed by atoms with Crippen LogP contribution in [0.4, 0.5) is 13.2 Å². The molecule has 13 heteroatoms. The highest BCUT2D eigenvalue weighted by Gasteiger charge is 2.38. The SMILES string of the molecule is CC(NC(=O)COC1CCNCC1)C(=O)c1ccccc1OC(C)C(=O)O.O=C(O)C(F)(F)F. The number of piperidine rings is 1. The molecular weight excluding hydrogens is 465 g/mol. The Morgan fingerprint density at radius 3 is 2.21 bits per heavy atom. The summed E-state index contributed by atoms with van der Waals surface area (Å²) in [5.74, 6) is -4.45. The number of carboxylic acids is 2. The standard InChI is InChI=1S/C19H26N2O6.C2HF3O2/c1-12(21-17(22)11-26-14-7-9-20-10-8-14)18(23)15-5-3-4-6-16(15)27-13(2)19(24)25;3-2(4,5)1(6)7/h3-6,12-14,20H,7-11H2,1-2H3,(H,21,22)(H,24,25);(H,6,7). The van der Waals surface area contributed by atoms with E-state index in [0.717, 1.165) is 25.9 Å². The second kappa shape index (κ2) is 13.5. The second-order valence-corrected chi connectivity index (χ2v) is 7.31. The predicted octanol–water partition coefficient (Wildman–Crippen LogP) is 1.63. The molecule has 2 unspecified atom stereocenters. The highest BCUT2D eigenvalue weighted by molar-refractivity contribution is 6.03. The summed E-state index contributed by atoms with van der Waals surface area (Å²) in [4.78, 5) is 44.6. The first-order valence-corrected chi connectivity index (χ1v) is 10.3. The van der Waals surface area contributed by atoms with Crippen LogP contribution in [0.1, 0.15) is 37.0 Å². The number of hydrogen-bond donors (Lipinski definition) is 4. The largest absolute Gasteiger partial charge is 0.490 e. The number of carbonyl (C=O) groups excluding carboxylic acids is 2. The van der Waals surface area contributed by atoms with Crippen LogP contribution in [0.15, 0.2) is 24.3 Å². The van der Waals surface area contributed by atoms with Crippen LogP contribution >= 0.6 is 0 Å². The fourth-order valence-corrected chi connectivity index (χ4v) is 2.75. The number of carbonyl (C=O) groups is 4. The summed E-state index contributed by atoms with van der Waals surface area (Å²) in [5.41, 5.74) is 0.220. The molecule has 0 aliphatic carbocycles. The van der Waals surface area contributed by atoms with Crippen molar-refractivity contribution in [1.29, 1.82) is 0 Å². The number of hydrogen-bond acceptors (Lipinski definition) is 7. The number of amides is 1. The molecule has 1 fully saturated rings. The van der Waals surface area contributed by atoms with Gasteiger partial charge in [-0.15, -0.1) is 0 Å². The summed E-state index contributed by atoms with van der Waals surface area (Å²) < 4.78 is 42.7. The van der Waals surface area contributed by atoms with Crippen LogP contribution in [0.25, 0.3) is 0 Å². The molecule has 10 nitrogen and oxygen atoms in total. The minimum Gasteiger partial charge on any atom is -0.479 e. The maximum Gasteiger partial charge on any atom is 0.490 e. The monoisotopic (exact) mass is 492 g/mol. The van der Waals surface area contributed by atoms with Crippen molar-refractivity contribution in [3.8, 4) is 5.75 Å². The summed E-state index contributed by atoms with van der Waals surface area (Å²) >= 11 is 0. The van der Waals surface area contributed by atoms with Crippen molar-refractivity contribution in [2.75, 3.05) is 19.7 Å². The molecule has 190 valence electrons. The number of aliphatic carboxylic acids is 2. The first kappa shape index (κ1) is 28.8. The first-order valence-electron chi connectivity index (χ1n) is 10.3. The van der Waals surface area contributed by atoms with Crippen molar-refractivity contribution >= 4 is 23.6 Å². The lowest BCUT2D eigenvalue weighted by atomic mass is 10.0. The average Bonchev–Trinajstić information content (AvgIpc) is 2.78. The van der Waals surface area contributed by atoms with Gasteiger partial charge in [-0.3, -0.25) is 9.59 Å². The quantitative estimate of drug-likeness (QED) is 0.377. The van der Waals surface area contributed by atoms with Crippen LogP contribution in [0.2, 0.25) is 0 Å². The molecule has 0 radical (unpaired) electrons. The summed E-state index contributed by atoms with van der Waals surface area (Å²) in [5, 5.41) is 21.9. The smallest absolute Gasteiger partial charge is 0.479 e. The van der Waals surface area contributed by atoms with Gasteiger partial charge in [0.15, 0.2) is 11.9 Å². The number of carboxylic acid groups (broad SMARTS) is 2. The zero-order valence-electron chi connectivity index (χ0n) is 18.6. The Bertz CT molecular complexity index is 857. The van der Waals surface area contributed by atoms with Crippen LogP contribution in [-0.2, 0) is 19.1 Å². The third-order valence-electron chi connectivity index (χ3n) is 4.55. The summed E-state index contributed by atoms with van der Waals surface area (Å²) in [7, 11) is 0. The van der Waals surface area contributed by atoms with Gasteiger partial charge >= 0.3 is 18.1 Å².